The first kappa shape index (κ1) is 15.6. The zero-order valence-electron chi connectivity index (χ0n) is 12.9. The fourth-order valence-corrected chi connectivity index (χ4v) is 3.84. The summed E-state index contributed by atoms with van der Waals surface area (Å²) in [5, 5.41) is 3.00. The smallest absolute Gasteiger partial charge is 0.141 e. The lowest BCUT2D eigenvalue weighted by Gasteiger charge is -2.32. The molecule has 0 atom stereocenters. The van der Waals surface area contributed by atoms with Gasteiger partial charge in [0.05, 0.1) is 12.1 Å². The van der Waals surface area contributed by atoms with Gasteiger partial charge in [0.2, 0.25) is 0 Å². The molecule has 0 amide bonds. The van der Waals surface area contributed by atoms with E-state index in [-0.39, 0.29) is 16.7 Å². The summed E-state index contributed by atoms with van der Waals surface area (Å²) in [6, 6.07) is 0. The number of nitrogens with two attached hydrogens (primary N) is 1. The van der Waals surface area contributed by atoms with Gasteiger partial charge in [-0.15, -0.1) is 11.3 Å². The van der Waals surface area contributed by atoms with Crippen LogP contribution in [0, 0.1) is 0 Å². The van der Waals surface area contributed by atoms with Gasteiger partial charge < -0.3 is 5.73 Å². The van der Waals surface area contributed by atoms with Crippen LogP contribution < -0.4 is 5.73 Å². The first-order chi connectivity index (χ1) is 9.28. The van der Waals surface area contributed by atoms with Gasteiger partial charge in [-0.2, -0.15) is 0 Å². The summed E-state index contributed by atoms with van der Waals surface area (Å²) in [6.45, 7) is 6.43. The van der Waals surface area contributed by atoms with Crippen LogP contribution in [-0.4, -0.2) is 16.3 Å². The van der Waals surface area contributed by atoms with Crippen LogP contribution >= 0.6 is 11.3 Å². The maximum absolute atomic E-state index is 12.2. The molecule has 0 bridgehead atoms. The molecule has 0 spiro atoms. The average Bonchev–Trinajstić information content (AvgIpc) is 2.77. The van der Waals surface area contributed by atoms with Crippen LogP contribution in [0.1, 0.15) is 70.0 Å². The highest BCUT2D eigenvalue weighted by atomic mass is 32.1. The lowest BCUT2D eigenvalue weighted by Crippen LogP contribution is -2.43. The van der Waals surface area contributed by atoms with Gasteiger partial charge >= 0.3 is 0 Å². The van der Waals surface area contributed by atoms with E-state index >= 15 is 0 Å². The van der Waals surface area contributed by atoms with Crippen LogP contribution in [0.3, 0.4) is 0 Å². The van der Waals surface area contributed by atoms with E-state index in [1.54, 1.807) is 11.3 Å². The fraction of sp³-hybridized carbons (Fsp3) is 0.750. The Morgan fingerprint density at radius 1 is 1.35 bits per heavy atom. The Labute approximate surface area is 126 Å². The summed E-state index contributed by atoms with van der Waals surface area (Å²) in [4.78, 5) is 16.8. The van der Waals surface area contributed by atoms with Crippen molar-refractivity contribution < 1.29 is 4.79 Å². The second-order valence-corrected chi connectivity index (χ2v) is 8.13. The van der Waals surface area contributed by atoms with Crippen LogP contribution in [-0.2, 0) is 16.6 Å². The molecule has 0 saturated heterocycles. The molecule has 1 fully saturated rings. The van der Waals surface area contributed by atoms with Gasteiger partial charge in [0.1, 0.15) is 10.8 Å². The summed E-state index contributed by atoms with van der Waals surface area (Å²) in [7, 11) is 0. The minimum absolute atomic E-state index is 0.0518. The number of nitrogens with zero attached hydrogens (tertiary/aromatic N) is 1. The molecule has 20 heavy (non-hydrogen) atoms. The molecule has 1 aliphatic carbocycles. The Morgan fingerprint density at radius 2 is 2.00 bits per heavy atom. The third-order valence-electron chi connectivity index (χ3n) is 4.07. The highest BCUT2D eigenvalue weighted by Gasteiger charge is 2.30. The number of Topliss-reactive ketones (excluding diaryl/α,β-unsaturated/α-hetero) is 1. The molecule has 2 N–H and O–H groups in total. The minimum Gasteiger partial charge on any atom is -0.325 e. The van der Waals surface area contributed by atoms with E-state index in [1.165, 1.54) is 6.42 Å². The fourth-order valence-electron chi connectivity index (χ4n) is 2.79. The maximum atomic E-state index is 12.2. The Hall–Kier alpha value is -0.740. The molecular formula is C16H26N2OS. The van der Waals surface area contributed by atoms with Crippen molar-refractivity contribution >= 4 is 17.1 Å². The SMILES string of the molecule is CC(C)(C)c1csc(CC(=O)CC2(N)CCCCC2)n1. The number of carbonyl (C=O) groups is 1. The van der Waals surface area contributed by atoms with Crippen LogP contribution in [0.5, 0.6) is 0 Å². The van der Waals surface area contributed by atoms with E-state index in [0.717, 1.165) is 36.4 Å². The summed E-state index contributed by atoms with van der Waals surface area (Å²) < 4.78 is 0. The molecule has 3 nitrogen and oxygen atoms in total. The highest BCUT2D eigenvalue weighted by molar-refractivity contribution is 7.09. The second kappa shape index (κ2) is 5.94. The molecular weight excluding hydrogens is 268 g/mol. The highest BCUT2D eigenvalue weighted by Crippen LogP contribution is 2.30. The van der Waals surface area contributed by atoms with Gasteiger partial charge in [-0.1, -0.05) is 40.0 Å². The van der Waals surface area contributed by atoms with Crippen molar-refractivity contribution in [3.63, 3.8) is 0 Å². The quantitative estimate of drug-likeness (QED) is 0.923. The third kappa shape index (κ3) is 4.13. The molecule has 1 aromatic rings. The van der Waals surface area contributed by atoms with Gasteiger partial charge in [-0.25, -0.2) is 4.98 Å². The molecule has 0 aromatic carbocycles. The van der Waals surface area contributed by atoms with Gasteiger partial charge in [0.15, 0.2) is 0 Å². The Balaban J connectivity index is 1.93. The predicted molar refractivity (Wildman–Crippen MR) is 84.1 cm³/mol. The van der Waals surface area contributed by atoms with Crippen molar-refractivity contribution in [1.82, 2.24) is 4.98 Å². The molecule has 0 aliphatic heterocycles. The van der Waals surface area contributed by atoms with Crippen LogP contribution in [0.4, 0.5) is 0 Å². The number of ketones is 1. The van der Waals surface area contributed by atoms with Gasteiger partial charge in [-0.3, -0.25) is 4.79 Å². The van der Waals surface area contributed by atoms with E-state index in [0.29, 0.717) is 12.8 Å². The molecule has 4 heteroatoms. The van der Waals surface area contributed by atoms with Crippen molar-refractivity contribution in [2.75, 3.05) is 0 Å². The summed E-state index contributed by atoms with van der Waals surface area (Å²) in [5.41, 5.74) is 7.23. The van der Waals surface area contributed by atoms with Gasteiger partial charge in [0, 0.05) is 22.8 Å². The lowest BCUT2D eigenvalue weighted by atomic mass is 9.79. The Kier molecular flexibility index (Phi) is 4.65. The van der Waals surface area contributed by atoms with Gasteiger partial charge in [-0.05, 0) is 12.8 Å². The van der Waals surface area contributed by atoms with E-state index in [1.807, 2.05) is 0 Å². The topological polar surface area (TPSA) is 56.0 Å². The summed E-state index contributed by atoms with van der Waals surface area (Å²) >= 11 is 1.59. The van der Waals surface area contributed by atoms with E-state index < -0.39 is 0 Å². The number of aromatic nitrogens is 1. The predicted octanol–water partition coefficient (Wildman–Crippen LogP) is 3.60. The number of hydrogen-bond donors (Lipinski definition) is 1. The van der Waals surface area contributed by atoms with Crippen LogP contribution in [0.15, 0.2) is 5.38 Å². The van der Waals surface area contributed by atoms with Crippen LogP contribution in [0.25, 0.3) is 0 Å². The third-order valence-corrected chi connectivity index (χ3v) is 4.92. The molecule has 0 radical (unpaired) electrons. The van der Waals surface area contributed by atoms with Crippen molar-refractivity contribution in [1.29, 1.82) is 0 Å². The maximum Gasteiger partial charge on any atom is 0.141 e. The van der Waals surface area contributed by atoms with Crippen LogP contribution in [0.2, 0.25) is 0 Å². The minimum atomic E-state index is -0.251. The Bertz CT molecular complexity index is 467. The number of hydrogen-bond acceptors (Lipinski definition) is 4. The van der Waals surface area contributed by atoms with Crippen molar-refractivity contribution in [2.45, 2.75) is 76.7 Å². The Morgan fingerprint density at radius 3 is 2.55 bits per heavy atom. The molecule has 112 valence electrons. The molecule has 1 aliphatic rings. The zero-order valence-corrected chi connectivity index (χ0v) is 13.7. The lowest BCUT2D eigenvalue weighted by molar-refractivity contribution is -0.119. The number of thiazole rings is 1. The second-order valence-electron chi connectivity index (χ2n) is 7.19. The number of carbonyl (C=O) groups excluding carboxylic acids is 1. The first-order valence-corrected chi connectivity index (χ1v) is 8.42. The first-order valence-electron chi connectivity index (χ1n) is 7.54. The monoisotopic (exact) mass is 294 g/mol. The molecule has 2 rings (SSSR count). The zero-order chi connectivity index (χ0) is 14.8. The van der Waals surface area contributed by atoms with Gasteiger partial charge in [0.25, 0.3) is 0 Å². The van der Waals surface area contributed by atoms with E-state index in [4.69, 9.17) is 5.73 Å². The number of rotatable bonds is 4. The molecule has 1 aromatic heterocycles. The normalized spacial score (nSPS) is 19.0. The average molecular weight is 294 g/mol. The van der Waals surface area contributed by atoms with E-state index in [2.05, 4.69) is 31.1 Å². The molecule has 1 saturated carbocycles. The van der Waals surface area contributed by atoms with E-state index in [9.17, 15) is 4.79 Å². The van der Waals surface area contributed by atoms with Crippen molar-refractivity contribution in [3.8, 4) is 0 Å². The summed E-state index contributed by atoms with van der Waals surface area (Å²) in [5.74, 6) is 0.240. The largest absolute Gasteiger partial charge is 0.325 e. The van der Waals surface area contributed by atoms with Crippen molar-refractivity contribution in [3.05, 3.63) is 16.1 Å². The van der Waals surface area contributed by atoms with Crippen molar-refractivity contribution in [2.24, 2.45) is 5.73 Å². The summed E-state index contributed by atoms with van der Waals surface area (Å²) in [6.07, 6.45) is 6.52. The molecule has 0 unspecified atom stereocenters. The standard InChI is InChI=1S/C16H26N2OS/c1-15(2,3)13-11-20-14(18-13)9-12(19)10-16(17)7-5-4-6-8-16/h11H,4-10,17H2,1-3H3. The molecule has 1 heterocycles.